The van der Waals surface area contributed by atoms with Crippen LogP contribution in [0, 0.1) is 13.8 Å². The Morgan fingerprint density at radius 3 is 2.50 bits per heavy atom. The molecule has 0 aliphatic heterocycles. The van der Waals surface area contributed by atoms with E-state index in [0.717, 1.165) is 0 Å². The van der Waals surface area contributed by atoms with E-state index in [9.17, 15) is 10.2 Å². The summed E-state index contributed by atoms with van der Waals surface area (Å²) in [6, 6.07) is 0. The molecule has 0 aromatic carbocycles. The molecule has 0 radical (unpaired) electrons. The molecule has 66 valence electrons. The van der Waals surface area contributed by atoms with Crippen LogP contribution in [0.25, 0.3) is 0 Å². The molecule has 0 fully saturated rings. The molecule has 0 bridgehead atoms. The van der Waals surface area contributed by atoms with Gasteiger partial charge in [0.1, 0.15) is 5.75 Å². The van der Waals surface area contributed by atoms with Gasteiger partial charge in [-0.1, -0.05) is 0 Å². The van der Waals surface area contributed by atoms with Crippen LogP contribution in [0.5, 0.6) is 5.75 Å². The van der Waals surface area contributed by atoms with Crippen molar-refractivity contribution in [1.82, 2.24) is 4.98 Å². The fourth-order valence-electron chi connectivity index (χ4n) is 1.15. The summed E-state index contributed by atoms with van der Waals surface area (Å²) in [5, 5.41) is 18.7. The van der Waals surface area contributed by atoms with E-state index in [2.05, 4.69) is 4.98 Å². The molecule has 12 heavy (non-hydrogen) atoms. The van der Waals surface area contributed by atoms with E-state index in [0.29, 0.717) is 16.8 Å². The van der Waals surface area contributed by atoms with Gasteiger partial charge in [-0.05, 0) is 26.3 Å². The SMILES string of the molecule is Cc1ncc(C(C)O)c(C)c1O. The fraction of sp³-hybridized carbons (Fsp3) is 0.444. The zero-order valence-electron chi connectivity index (χ0n) is 7.50. The first-order valence-corrected chi connectivity index (χ1v) is 3.87. The van der Waals surface area contributed by atoms with Crippen LogP contribution in [0.2, 0.25) is 0 Å². The number of aliphatic hydroxyl groups excluding tert-OH is 1. The van der Waals surface area contributed by atoms with E-state index in [4.69, 9.17) is 0 Å². The number of nitrogens with zero attached hydrogens (tertiary/aromatic N) is 1. The lowest BCUT2D eigenvalue weighted by Gasteiger charge is -2.10. The highest BCUT2D eigenvalue weighted by Crippen LogP contribution is 2.26. The van der Waals surface area contributed by atoms with Crippen LogP contribution < -0.4 is 0 Å². The van der Waals surface area contributed by atoms with Crippen LogP contribution >= 0.6 is 0 Å². The maximum absolute atomic E-state index is 9.46. The molecular formula is C9H13NO2. The lowest BCUT2D eigenvalue weighted by atomic mass is 10.1. The molecule has 3 heteroatoms. The van der Waals surface area contributed by atoms with Gasteiger partial charge in [0.05, 0.1) is 11.8 Å². The van der Waals surface area contributed by atoms with Crippen molar-refractivity contribution in [1.29, 1.82) is 0 Å². The molecular weight excluding hydrogens is 154 g/mol. The van der Waals surface area contributed by atoms with Gasteiger partial charge in [-0.15, -0.1) is 0 Å². The molecule has 1 unspecified atom stereocenters. The maximum atomic E-state index is 9.46. The lowest BCUT2D eigenvalue weighted by molar-refractivity contribution is 0.197. The summed E-state index contributed by atoms with van der Waals surface area (Å²) >= 11 is 0. The summed E-state index contributed by atoms with van der Waals surface area (Å²) in [5.41, 5.74) is 1.98. The normalized spacial score (nSPS) is 13.0. The zero-order valence-corrected chi connectivity index (χ0v) is 7.50. The number of aliphatic hydroxyl groups is 1. The van der Waals surface area contributed by atoms with Crippen LogP contribution in [-0.4, -0.2) is 15.2 Å². The van der Waals surface area contributed by atoms with E-state index < -0.39 is 6.10 Å². The zero-order chi connectivity index (χ0) is 9.30. The summed E-state index contributed by atoms with van der Waals surface area (Å²) < 4.78 is 0. The van der Waals surface area contributed by atoms with Gasteiger partial charge in [-0.2, -0.15) is 0 Å². The topological polar surface area (TPSA) is 53.4 Å². The van der Waals surface area contributed by atoms with Crippen molar-refractivity contribution in [3.05, 3.63) is 23.0 Å². The van der Waals surface area contributed by atoms with Gasteiger partial charge in [-0.3, -0.25) is 4.98 Å². The van der Waals surface area contributed by atoms with Crippen LogP contribution in [0.3, 0.4) is 0 Å². The van der Waals surface area contributed by atoms with Gasteiger partial charge < -0.3 is 10.2 Å². The molecule has 0 aliphatic rings. The first kappa shape index (κ1) is 9.00. The third-order valence-electron chi connectivity index (χ3n) is 1.98. The largest absolute Gasteiger partial charge is 0.506 e. The minimum atomic E-state index is -0.580. The molecule has 1 aromatic rings. The fourth-order valence-corrected chi connectivity index (χ4v) is 1.15. The van der Waals surface area contributed by atoms with Gasteiger partial charge in [-0.25, -0.2) is 0 Å². The second-order valence-corrected chi connectivity index (χ2v) is 2.95. The summed E-state index contributed by atoms with van der Waals surface area (Å²) in [4.78, 5) is 3.95. The maximum Gasteiger partial charge on any atom is 0.140 e. The van der Waals surface area contributed by atoms with Crippen molar-refractivity contribution < 1.29 is 10.2 Å². The molecule has 0 amide bonds. The summed E-state index contributed by atoms with van der Waals surface area (Å²) in [6.45, 7) is 5.15. The van der Waals surface area contributed by atoms with Gasteiger partial charge in [0.15, 0.2) is 0 Å². The van der Waals surface area contributed by atoms with E-state index in [1.165, 1.54) is 0 Å². The van der Waals surface area contributed by atoms with Gasteiger partial charge in [0.25, 0.3) is 0 Å². The smallest absolute Gasteiger partial charge is 0.140 e. The minimum Gasteiger partial charge on any atom is -0.506 e. The molecule has 0 aliphatic carbocycles. The third-order valence-corrected chi connectivity index (χ3v) is 1.98. The molecule has 3 nitrogen and oxygen atoms in total. The number of hydrogen-bond donors (Lipinski definition) is 2. The van der Waals surface area contributed by atoms with Crippen molar-refractivity contribution in [2.75, 3.05) is 0 Å². The van der Waals surface area contributed by atoms with Crippen molar-refractivity contribution in [3.8, 4) is 5.75 Å². The second kappa shape index (κ2) is 3.11. The Balaban J connectivity index is 3.27. The second-order valence-electron chi connectivity index (χ2n) is 2.95. The monoisotopic (exact) mass is 167 g/mol. The number of rotatable bonds is 1. The van der Waals surface area contributed by atoms with Crippen molar-refractivity contribution in [2.45, 2.75) is 26.9 Å². The van der Waals surface area contributed by atoms with E-state index >= 15 is 0 Å². The molecule has 1 atom stereocenters. The third kappa shape index (κ3) is 1.41. The van der Waals surface area contributed by atoms with E-state index in [1.807, 2.05) is 0 Å². The highest BCUT2D eigenvalue weighted by molar-refractivity contribution is 5.40. The standard InChI is InChI=1S/C9H13NO2/c1-5-8(7(3)11)4-10-6(2)9(5)12/h4,7,11-12H,1-3H3. The Morgan fingerprint density at radius 2 is 2.00 bits per heavy atom. The van der Waals surface area contributed by atoms with Crippen LogP contribution in [0.15, 0.2) is 6.20 Å². The Morgan fingerprint density at radius 1 is 1.42 bits per heavy atom. The first-order valence-electron chi connectivity index (χ1n) is 3.87. The molecule has 1 heterocycles. The number of aromatic nitrogens is 1. The lowest BCUT2D eigenvalue weighted by Crippen LogP contribution is -1.98. The van der Waals surface area contributed by atoms with Crippen LogP contribution in [-0.2, 0) is 0 Å². The quantitative estimate of drug-likeness (QED) is 0.665. The molecule has 0 saturated heterocycles. The number of aryl methyl sites for hydroxylation is 1. The number of pyridine rings is 1. The van der Waals surface area contributed by atoms with Crippen LogP contribution in [0.1, 0.15) is 29.8 Å². The van der Waals surface area contributed by atoms with Crippen LogP contribution in [0.4, 0.5) is 0 Å². The average Bonchev–Trinajstić information content (AvgIpc) is 2.00. The Labute approximate surface area is 71.7 Å². The number of aromatic hydroxyl groups is 1. The summed E-state index contributed by atoms with van der Waals surface area (Å²) in [6.07, 6.45) is 1.01. The van der Waals surface area contributed by atoms with Crippen molar-refractivity contribution in [3.63, 3.8) is 0 Å². The average molecular weight is 167 g/mol. The van der Waals surface area contributed by atoms with Gasteiger partial charge in [0.2, 0.25) is 0 Å². The van der Waals surface area contributed by atoms with Gasteiger partial charge >= 0.3 is 0 Å². The van der Waals surface area contributed by atoms with Crippen molar-refractivity contribution >= 4 is 0 Å². The molecule has 1 rings (SSSR count). The van der Waals surface area contributed by atoms with Crippen molar-refractivity contribution in [2.24, 2.45) is 0 Å². The Bertz CT molecular complexity index is 295. The predicted molar refractivity (Wildman–Crippen MR) is 46.0 cm³/mol. The molecule has 0 saturated carbocycles. The number of hydrogen-bond acceptors (Lipinski definition) is 3. The Kier molecular flexibility index (Phi) is 2.33. The molecule has 0 spiro atoms. The molecule has 2 N–H and O–H groups in total. The van der Waals surface area contributed by atoms with Gasteiger partial charge in [0, 0.05) is 11.8 Å². The summed E-state index contributed by atoms with van der Waals surface area (Å²) in [5.74, 6) is 0.174. The first-order chi connectivity index (χ1) is 5.54. The highest BCUT2D eigenvalue weighted by Gasteiger charge is 2.10. The minimum absolute atomic E-state index is 0.174. The predicted octanol–water partition coefficient (Wildman–Crippen LogP) is 1.46. The molecule has 1 aromatic heterocycles. The summed E-state index contributed by atoms with van der Waals surface area (Å²) in [7, 11) is 0. The van der Waals surface area contributed by atoms with E-state index in [1.54, 1.807) is 27.0 Å². The highest BCUT2D eigenvalue weighted by atomic mass is 16.3. The Hall–Kier alpha value is -1.09. The van der Waals surface area contributed by atoms with E-state index in [-0.39, 0.29) is 5.75 Å².